The van der Waals surface area contributed by atoms with Crippen molar-refractivity contribution < 1.29 is 9.18 Å². The third kappa shape index (κ3) is 5.46. The summed E-state index contributed by atoms with van der Waals surface area (Å²) in [4.78, 5) is 24.5. The number of hydrogen-bond donors (Lipinski definition) is 2. The summed E-state index contributed by atoms with van der Waals surface area (Å²) in [5.74, 6) is 1.17. The third-order valence-corrected chi connectivity index (χ3v) is 3.79. The van der Waals surface area contributed by atoms with Gasteiger partial charge >= 0.3 is 0 Å². The van der Waals surface area contributed by atoms with Gasteiger partial charge < -0.3 is 10.6 Å². The van der Waals surface area contributed by atoms with Crippen molar-refractivity contribution in [1.29, 1.82) is 0 Å². The molecule has 140 valence electrons. The first kappa shape index (κ1) is 20.3. The molecule has 0 fully saturated rings. The minimum atomic E-state index is -0.284. The van der Waals surface area contributed by atoms with Crippen molar-refractivity contribution in [3.05, 3.63) is 71.9 Å². The Labute approximate surface area is 162 Å². The third-order valence-electron chi connectivity index (χ3n) is 3.79. The molecule has 2 heterocycles. The molecule has 3 rings (SSSR count). The molecular formula is C19H19ClFN5O. The quantitative estimate of drug-likeness (QED) is 0.604. The molecular weight excluding hydrogens is 369 g/mol. The van der Waals surface area contributed by atoms with Gasteiger partial charge in [0, 0.05) is 24.0 Å². The van der Waals surface area contributed by atoms with E-state index >= 15 is 0 Å². The van der Waals surface area contributed by atoms with Crippen molar-refractivity contribution in [2.24, 2.45) is 0 Å². The lowest BCUT2D eigenvalue weighted by atomic mass is 10.1. The van der Waals surface area contributed by atoms with Gasteiger partial charge in [-0.2, -0.15) is 0 Å². The highest BCUT2D eigenvalue weighted by Gasteiger charge is 2.11. The van der Waals surface area contributed by atoms with Crippen LogP contribution in [-0.4, -0.2) is 20.7 Å². The molecule has 2 aromatic heterocycles. The molecule has 0 amide bonds. The van der Waals surface area contributed by atoms with Crippen molar-refractivity contribution in [3.63, 3.8) is 0 Å². The minimum absolute atomic E-state index is 0. The number of pyridine rings is 1. The van der Waals surface area contributed by atoms with E-state index in [9.17, 15) is 9.18 Å². The van der Waals surface area contributed by atoms with E-state index < -0.39 is 0 Å². The molecule has 0 aliphatic heterocycles. The number of rotatable bonds is 6. The second-order valence-electron chi connectivity index (χ2n) is 5.82. The molecule has 8 heteroatoms. The van der Waals surface area contributed by atoms with Crippen molar-refractivity contribution in [2.45, 2.75) is 19.9 Å². The SMILES string of the molecule is CC(=O)c1cc(Nc2cnccn2)nc(NC(C)c2ccc(F)cc2)c1.Cl. The Morgan fingerprint density at radius 2 is 1.78 bits per heavy atom. The lowest BCUT2D eigenvalue weighted by molar-refractivity contribution is 0.101. The van der Waals surface area contributed by atoms with Crippen LogP contribution < -0.4 is 10.6 Å². The van der Waals surface area contributed by atoms with Crippen LogP contribution in [0.5, 0.6) is 0 Å². The van der Waals surface area contributed by atoms with Crippen LogP contribution in [0.3, 0.4) is 0 Å². The maximum absolute atomic E-state index is 13.1. The Morgan fingerprint density at radius 3 is 2.41 bits per heavy atom. The summed E-state index contributed by atoms with van der Waals surface area (Å²) in [6.45, 7) is 3.43. The first-order valence-corrected chi connectivity index (χ1v) is 8.09. The van der Waals surface area contributed by atoms with E-state index in [0.29, 0.717) is 23.0 Å². The van der Waals surface area contributed by atoms with Crippen LogP contribution >= 0.6 is 12.4 Å². The molecule has 27 heavy (non-hydrogen) atoms. The zero-order chi connectivity index (χ0) is 18.5. The predicted molar refractivity (Wildman–Crippen MR) is 105 cm³/mol. The first-order chi connectivity index (χ1) is 12.5. The molecule has 1 unspecified atom stereocenters. The molecule has 2 N–H and O–H groups in total. The molecule has 3 aromatic rings. The number of nitrogens with one attached hydrogen (secondary N) is 2. The number of carbonyl (C=O) groups excluding carboxylic acids is 1. The first-order valence-electron chi connectivity index (χ1n) is 8.09. The lowest BCUT2D eigenvalue weighted by Crippen LogP contribution is -2.10. The Balaban J connectivity index is 0.00000261. The number of aromatic nitrogens is 3. The van der Waals surface area contributed by atoms with Crippen LogP contribution in [0.4, 0.5) is 21.8 Å². The predicted octanol–water partition coefficient (Wildman–Crippen LogP) is 4.55. The Hall–Kier alpha value is -3.06. The summed E-state index contributed by atoms with van der Waals surface area (Å²) in [5, 5.41) is 6.27. The molecule has 1 aromatic carbocycles. The van der Waals surface area contributed by atoms with Crippen molar-refractivity contribution >= 4 is 35.6 Å². The lowest BCUT2D eigenvalue weighted by Gasteiger charge is -2.16. The van der Waals surface area contributed by atoms with Crippen molar-refractivity contribution in [3.8, 4) is 0 Å². The van der Waals surface area contributed by atoms with Crippen LogP contribution in [0.1, 0.15) is 35.8 Å². The number of anilines is 3. The highest BCUT2D eigenvalue weighted by molar-refractivity contribution is 5.95. The molecule has 0 saturated heterocycles. The summed E-state index contributed by atoms with van der Waals surface area (Å²) in [6, 6.07) is 9.47. The maximum Gasteiger partial charge on any atom is 0.160 e. The van der Waals surface area contributed by atoms with E-state index in [0.717, 1.165) is 5.56 Å². The van der Waals surface area contributed by atoms with Gasteiger partial charge in [0.1, 0.15) is 23.3 Å². The van der Waals surface area contributed by atoms with Crippen molar-refractivity contribution in [2.75, 3.05) is 10.6 Å². The highest BCUT2D eigenvalue weighted by Crippen LogP contribution is 2.22. The second kappa shape index (κ2) is 9.05. The number of benzene rings is 1. The fraction of sp³-hybridized carbons (Fsp3) is 0.158. The average Bonchev–Trinajstić information content (AvgIpc) is 2.63. The number of nitrogens with zero attached hydrogens (tertiary/aromatic N) is 3. The van der Waals surface area contributed by atoms with Crippen LogP contribution in [0.2, 0.25) is 0 Å². The van der Waals surface area contributed by atoms with Gasteiger partial charge in [-0.25, -0.2) is 14.4 Å². The summed E-state index contributed by atoms with van der Waals surface area (Å²) in [6.07, 6.45) is 4.70. The van der Waals surface area contributed by atoms with E-state index in [-0.39, 0.29) is 30.0 Å². The number of Topliss-reactive ketones (excluding diaryl/α,β-unsaturated/α-hetero) is 1. The molecule has 0 aliphatic rings. The van der Waals surface area contributed by atoms with Crippen molar-refractivity contribution in [1.82, 2.24) is 15.0 Å². The van der Waals surface area contributed by atoms with Gasteiger partial charge in [0.25, 0.3) is 0 Å². The highest BCUT2D eigenvalue weighted by atomic mass is 35.5. The second-order valence-corrected chi connectivity index (χ2v) is 5.82. The van der Waals surface area contributed by atoms with Gasteiger partial charge in [0.05, 0.1) is 6.20 Å². The molecule has 0 aliphatic carbocycles. The fourth-order valence-electron chi connectivity index (χ4n) is 2.42. The number of carbonyl (C=O) groups is 1. The Kier molecular flexibility index (Phi) is 6.79. The molecule has 1 atom stereocenters. The zero-order valence-electron chi connectivity index (χ0n) is 14.8. The van der Waals surface area contributed by atoms with Gasteiger partial charge in [0.15, 0.2) is 5.78 Å². The Bertz CT molecular complexity index is 906. The summed E-state index contributed by atoms with van der Waals surface area (Å²) in [5.41, 5.74) is 1.42. The number of halogens is 2. The molecule has 0 bridgehead atoms. The minimum Gasteiger partial charge on any atom is -0.363 e. The molecule has 0 saturated carbocycles. The zero-order valence-corrected chi connectivity index (χ0v) is 15.6. The molecule has 0 radical (unpaired) electrons. The number of ketones is 1. The topological polar surface area (TPSA) is 79.8 Å². The van der Waals surface area contributed by atoms with Crippen LogP contribution in [-0.2, 0) is 0 Å². The molecule has 6 nitrogen and oxygen atoms in total. The van der Waals surface area contributed by atoms with Crippen LogP contribution in [0.15, 0.2) is 55.0 Å². The number of hydrogen-bond acceptors (Lipinski definition) is 6. The van der Waals surface area contributed by atoms with Crippen LogP contribution in [0.25, 0.3) is 0 Å². The fourth-order valence-corrected chi connectivity index (χ4v) is 2.42. The summed E-state index contributed by atoms with van der Waals surface area (Å²) in [7, 11) is 0. The molecule has 0 spiro atoms. The van der Waals surface area contributed by atoms with Gasteiger partial charge in [0.2, 0.25) is 0 Å². The van der Waals surface area contributed by atoms with E-state index in [1.165, 1.54) is 19.1 Å². The monoisotopic (exact) mass is 387 g/mol. The maximum atomic E-state index is 13.1. The normalized spacial score (nSPS) is 11.2. The van der Waals surface area contributed by atoms with E-state index in [1.54, 1.807) is 42.9 Å². The van der Waals surface area contributed by atoms with E-state index in [4.69, 9.17) is 0 Å². The smallest absolute Gasteiger partial charge is 0.160 e. The standard InChI is InChI=1S/C19H18FN5O.ClH/c1-12(14-3-5-16(20)6-4-14)23-17-9-15(13(2)26)10-18(24-17)25-19-11-21-7-8-22-19;/h3-12H,1-2H3,(H2,22,23,24,25);1H. The van der Waals surface area contributed by atoms with Gasteiger partial charge in [-0.1, -0.05) is 12.1 Å². The summed E-state index contributed by atoms with van der Waals surface area (Å²) < 4.78 is 13.1. The largest absolute Gasteiger partial charge is 0.363 e. The van der Waals surface area contributed by atoms with Gasteiger partial charge in [-0.15, -0.1) is 12.4 Å². The van der Waals surface area contributed by atoms with Gasteiger partial charge in [-0.05, 0) is 43.7 Å². The van der Waals surface area contributed by atoms with Gasteiger partial charge in [-0.3, -0.25) is 9.78 Å². The summed E-state index contributed by atoms with van der Waals surface area (Å²) >= 11 is 0. The Morgan fingerprint density at radius 1 is 1.07 bits per heavy atom. The average molecular weight is 388 g/mol. The van der Waals surface area contributed by atoms with E-state index in [1.807, 2.05) is 6.92 Å². The van der Waals surface area contributed by atoms with Crippen LogP contribution in [0, 0.1) is 5.82 Å². The van der Waals surface area contributed by atoms with E-state index in [2.05, 4.69) is 25.6 Å².